The molecule has 0 unspecified atom stereocenters. The smallest absolute Gasteiger partial charge is 0.273 e. The Labute approximate surface area is 127 Å². The van der Waals surface area contributed by atoms with Crippen molar-refractivity contribution in [3.05, 3.63) is 59.7 Å². The van der Waals surface area contributed by atoms with Gasteiger partial charge in [0.05, 0.1) is 11.3 Å². The highest BCUT2D eigenvalue weighted by molar-refractivity contribution is 7.94. The van der Waals surface area contributed by atoms with E-state index in [4.69, 9.17) is 0 Å². The zero-order valence-electron chi connectivity index (χ0n) is 11.6. The van der Waals surface area contributed by atoms with Crippen molar-refractivity contribution in [2.45, 2.75) is 4.90 Å². The van der Waals surface area contributed by atoms with E-state index >= 15 is 0 Å². The van der Waals surface area contributed by atoms with Crippen molar-refractivity contribution in [1.29, 1.82) is 0 Å². The lowest BCUT2D eigenvalue weighted by atomic mass is 10.1. The average Bonchev–Trinajstić information content (AvgIpc) is 2.73. The largest absolute Gasteiger partial charge is 0.355 e. The van der Waals surface area contributed by atoms with Crippen molar-refractivity contribution in [2.24, 2.45) is 0 Å². The maximum Gasteiger partial charge on any atom is 0.273 e. The summed E-state index contributed by atoms with van der Waals surface area (Å²) in [5, 5.41) is 2.42. The molecular weight excluding hydrogens is 304 g/mol. The highest BCUT2D eigenvalue weighted by Crippen LogP contribution is 2.34. The minimum absolute atomic E-state index is 0.0662. The topological polar surface area (TPSA) is 83.6 Å². The summed E-state index contributed by atoms with van der Waals surface area (Å²) in [5.41, 5.74) is 0.522. The van der Waals surface area contributed by atoms with Crippen molar-refractivity contribution >= 4 is 27.5 Å². The first-order valence-corrected chi connectivity index (χ1v) is 7.91. The van der Waals surface area contributed by atoms with Crippen LogP contribution in [0.4, 0.5) is 5.69 Å². The first-order chi connectivity index (χ1) is 10.5. The number of hydrogen-bond donors (Lipinski definition) is 1. The summed E-state index contributed by atoms with van der Waals surface area (Å²) in [7, 11) is -2.56. The molecule has 1 aliphatic heterocycles. The number of hydrogen-bond acceptors (Lipinski definition) is 4. The molecule has 2 aromatic carbocycles. The Morgan fingerprint density at radius 3 is 2.41 bits per heavy atom. The number of rotatable bonds is 2. The Morgan fingerprint density at radius 2 is 1.77 bits per heavy atom. The van der Waals surface area contributed by atoms with Crippen LogP contribution in [0.1, 0.15) is 20.7 Å². The third kappa shape index (κ3) is 1.98. The molecule has 0 aliphatic carbocycles. The Hall–Kier alpha value is -2.67. The molecule has 3 rings (SSSR count). The number of fused-ring (bicyclic) bond motifs is 1. The molecule has 0 fully saturated rings. The van der Waals surface area contributed by atoms with Gasteiger partial charge in [-0.25, -0.2) is 8.42 Å². The van der Waals surface area contributed by atoms with Gasteiger partial charge >= 0.3 is 0 Å². The van der Waals surface area contributed by atoms with Gasteiger partial charge in [-0.3, -0.25) is 9.59 Å². The minimum atomic E-state index is -4.01. The Bertz CT molecular complexity index is 876. The SMILES string of the molecule is CNC(=O)c1ccc2c(c1)S(=O)(=O)N(c1ccccc1)C2=O. The number of sulfonamides is 1. The molecule has 0 aromatic heterocycles. The zero-order valence-corrected chi connectivity index (χ0v) is 12.4. The molecule has 22 heavy (non-hydrogen) atoms. The Morgan fingerprint density at radius 1 is 1.09 bits per heavy atom. The van der Waals surface area contributed by atoms with Crippen LogP contribution in [0.5, 0.6) is 0 Å². The number of carbonyl (C=O) groups excluding carboxylic acids is 2. The van der Waals surface area contributed by atoms with Crippen LogP contribution in [0, 0.1) is 0 Å². The maximum absolute atomic E-state index is 12.6. The fourth-order valence-corrected chi connectivity index (χ4v) is 3.96. The van der Waals surface area contributed by atoms with Gasteiger partial charge in [0.1, 0.15) is 4.90 Å². The lowest BCUT2D eigenvalue weighted by molar-refractivity contribution is 0.0960. The van der Waals surface area contributed by atoms with Crippen molar-refractivity contribution in [2.75, 3.05) is 11.4 Å². The average molecular weight is 316 g/mol. The van der Waals surface area contributed by atoms with Gasteiger partial charge in [-0.2, -0.15) is 4.31 Å². The second-order valence-electron chi connectivity index (χ2n) is 4.70. The van der Waals surface area contributed by atoms with Gasteiger partial charge in [0.15, 0.2) is 0 Å². The highest BCUT2D eigenvalue weighted by Gasteiger charge is 2.42. The molecule has 1 heterocycles. The molecule has 0 saturated carbocycles. The van der Waals surface area contributed by atoms with Crippen molar-refractivity contribution in [3.63, 3.8) is 0 Å². The molecule has 1 N–H and O–H groups in total. The van der Waals surface area contributed by atoms with E-state index < -0.39 is 21.8 Å². The van der Waals surface area contributed by atoms with E-state index in [1.165, 1.54) is 25.2 Å². The second kappa shape index (κ2) is 4.96. The van der Waals surface area contributed by atoms with Gasteiger partial charge in [0.25, 0.3) is 21.8 Å². The van der Waals surface area contributed by atoms with Crippen LogP contribution in [0.15, 0.2) is 53.4 Å². The molecular formula is C15H12N2O4S. The molecule has 7 heteroatoms. The molecule has 0 spiro atoms. The number of nitrogens with one attached hydrogen (secondary N) is 1. The predicted molar refractivity (Wildman–Crippen MR) is 80.3 cm³/mol. The molecule has 1 aliphatic rings. The lowest BCUT2D eigenvalue weighted by Crippen LogP contribution is -2.29. The first kappa shape index (κ1) is 14.3. The summed E-state index contributed by atoms with van der Waals surface area (Å²) < 4.78 is 26.0. The molecule has 2 amide bonds. The molecule has 112 valence electrons. The molecule has 0 saturated heterocycles. The standard InChI is InChI=1S/C15H12N2O4S/c1-16-14(18)10-7-8-12-13(9-10)22(20,21)17(15(12)19)11-5-3-2-4-6-11/h2-9H,1H3,(H,16,18). The van der Waals surface area contributed by atoms with Crippen LogP contribution in [0.3, 0.4) is 0 Å². The maximum atomic E-state index is 12.6. The molecule has 0 bridgehead atoms. The molecule has 2 aromatic rings. The number of amides is 2. The molecule has 0 radical (unpaired) electrons. The summed E-state index contributed by atoms with van der Waals surface area (Å²) >= 11 is 0. The summed E-state index contributed by atoms with van der Waals surface area (Å²) in [4.78, 5) is 23.9. The number of carbonyl (C=O) groups is 2. The normalized spacial score (nSPS) is 15.5. The number of nitrogens with zero attached hydrogens (tertiary/aromatic N) is 1. The van der Waals surface area contributed by atoms with Crippen LogP contribution in [0.25, 0.3) is 0 Å². The molecule has 6 nitrogen and oxygen atoms in total. The first-order valence-electron chi connectivity index (χ1n) is 6.47. The van der Waals surface area contributed by atoms with Crippen LogP contribution in [0.2, 0.25) is 0 Å². The van der Waals surface area contributed by atoms with Gasteiger partial charge < -0.3 is 5.32 Å². The van der Waals surface area contributed by atoms with E-state index in [-0.39, 0.29) is 21.7 Å². The van der Waals surface area contributed by atoms with Crippen molar-refractivity contribution in [3.8, 4) is 0 Å². The van der Waals surface area contributed by atoms with E-state index in [0.29, 0.717) is 0 Å². The van der Waals surface area contributed by atoms with Crippen molar-refractivity contribution < 1.29 is 18.0 Å². The summed E-state index contributed by atoms with van der Waals surface area (Å²) in [5.74, 6) is -1.03. The summed E-state index contributed by atoms with van der Waals surface area (Å²) in [6.07, 6.45) is 0. The molecule has 0 atom stereocenters. The van der Waals surface area contributed by atoms with E-state index in [2.05, 4.69) is 5.32 Å². The lowest BCUT2D eigenvalue weighted by Gasteiger charge is -2.14. The number of para-hydroxylation sites is 1. The quantitative estimate of drug-likeness (QED) is 0.907. The minimum Gasteiger partial charge on any atom is -0.355 e. The fraction of sp³-hybridized carbons (Fsp3) is 0.0667. The van der Waals surface area contributed by atoms with E-state index in [1.54, 1.807) is 30.3 Å². The van der Waals surface area contributed by atoms with Crippen LogP contribution < -0.4 is 9.62 Å². The summed E-state index contributed by atoms with van der Waals surface area (Å²) in [6.45, 7) is 0. The van der Waals surface area contributed by atoms with Crippen LogP contribution in [-0.2, 0) is 10.0 Å². The van der Waals surface area contributed by atoms with E-state index in [9.17, 15) is 18.0 Å². The van der Waals surface area contributed by atoms with Gasteiger partial charge in [-0.05, 0) is 30.3 Å². The second-order valence-corrected chi connectivity index (χ2v) is 6.46. The monoisotopic (exact) mass is 316 g/mol. The van der Waals surface area contributed by atoms with E-state index in [0.717, 1.165) is 4.31 Å². The van der Waals surface area contributed by atoms with Crippen LogP contribution in [-0.4, -0.2) is 27.3 Å². The van der Waals surface area contributed by atoms with Gasteiger partial charge in [-0.1, -0.05) is 18.2 Å². The summed E-state index contributed by atoms with van der Waals surface area (Å²) in [6, 6.07) is 12.1. The van der Waals surface area contributed by atoms with Crippen LogP contribution >= 0.6 is 0 Å². The zero-order chi connectivity index (χ0) is 15.9. The number of benzene rings is 2. The third-order valence-corrected chi connectivity index (χ3v) is 5.15. The van der Waals surface area contributed by atoms with Crippen molar-refractivity contribution in [1.82, 2.24) is 5.32 Å². The fourth-order valence-electron chi connectivity index (χ4n) is 2.33. The highest BCUT2D eigenvalue weighted by atomic mass is 32.2. The van der Waals surface area contributed by atoms with Gasteiger partial charge in [0.2, 0.25) is 0 Å². The van der Waals surface area contributed by atoms with Gasteiger partial charge in [-0.15, -0.1) is 0 Å². The van der Waals surface area contributed by atoms with E-state index in [1.807, 2.05) is 0 Å². The predicted octanol–water partition coefficient (Wildman–Crippen LogP) is 1.40. The Balaban J connectivity index is 2.18. The van der Waals surface area contributed by atoms with Gasteiger partial charge in [0, 0.05) is 12.6 Å². The number of anilines is 1. The Kier molecular flexibility index (Phi) is 3.22. The third-order valence-electron chi connectivity index (χ3n) is 3.39.